The molecular formula is C35H34IrN3O2S-. The zero-order chi connectivity index (χ0) is 28.7. The van der Waals surface area contributed by atoms with Crippen LogP contribution in [0.25, 0.3) is 58.7 Å². The Morgan fingerprint density at radius 3 is 2.38 bits per heavy atom. The molecule has 0 atom stereocenters. The van der Waals surface area contributed by atoms with E-state index in [0.717, 1.165) is 58.5 Å². The summed E-state index contributed by atoms with van der Waals surface area (Å²) in [5.74, 6) is 0.547. The van der Waals surface area contributed by atoms with Crippen molar-refractivity contribution < 1.29 is 30.0 Å². The van der Waals surface area contributed by atoms with Crippen LogP contribution in [0.2, 0.25) is 0 Å². The number of benzene rings is 3. The molecule has 1 radical (unpaired) electrons. The summed E-state index contributed by atoms with van der Waals surface area (Å²) in [6.45, 7) is 8.07. The summed E-state index contributed by atoms with van der Waals surface area (Å²) in [5, 5.41) is 14.3. The van der Waals surface area contributed by atoms with Crippen LogP contribution in [-0.2, 0) is 24.9 Å². The molecule has 0 aliphatic carbocycles. The molecule has 7 rings (SSSR count). The van der Waals surface area contributed by atoms with E-state index in [9.17, 15) is 9.90 Å². The number of aliphatic hydroxyl groups is 1. The van der Waals surface area contributed by atoms with E-state index in [1.807, 2.05) is 51.3 Å². The molecule has 7 aromatic rings. The largest absolute Gasteiger partial charge is 0.512 e. The molecule has 1 N–H and O–H groups in total. The van der Waals surface area contributed by atoms with Gasteiger partial charge in [-0.1, -0.05) is 68.8 Å². The molecule has 4 heterocycles. The molecule has 0 unspecified atom stereocenters. The van der Waals surface area contributed by atoms with Crippen LogP contribution < -0.4 is 0 Å². The van der Waals surface area contributed by atoms with E-state index in [4.69, 9.17) is 9.97 Å². The zero-order valence-corrected chi connectivity index (χ0v) is 27.5. The number of rotatable bonds is 7. The zero-order valence-electron chi connectivity index (χ0n) is 24.3. The summed E-state index contributed by atoms with van der Waals surface area (Å²) < 4.78 is 4.84. The first-order chi connectivity index (χ1) is 20.0. The smallest absolute Gasteiger partial charge is 0.162 e. The van der Waals surface area contributed by atoms with Crippen molar-refractivity contribution in [3.63, 3.8) is 0 Å². The van der Waals surface area contributed by atoms with Crippen LogP contribution in [0.3, 0.4) is 0 Å². The maximum atomic E-state index is 11.7. The summed E-state index contributed by atoms with van der Waals surface area (Å²) in [6.07, 6.45) is 6.76. The first kappa shape index (κ1) is 30.1. The van der Waals surface area contributed by atoms with Crippen molar-refractivity contribution in [3.05, 3.63) is 78.7 Å². The number of carbonyl (C=O) groups excluding carboxylic acids is 1. The molecule has 3 aromatic carbocycles. The van der Waals surface area contributed by atoms with Crippen LogP contribution in [0, 0.1) is 17.9 Å². The molecule has 0 saturated carbocycles. The van der Waals surface area contributed by atoms with Crippen molar-refractivity contribution >= 4 is 75.8 Å². The van der Waals surface area contributed by atoms with Crippen molar-refractivity contribution in [1.82, 2.24) is 14.4 Å². The Morgan fingerprint density at radius 2 is 1.64 bits per heavy atom. The summed E-state index contributed by atoms with van der Waals surface area (Å²) in [4.78, 5) is 21.4. The number of imidazole rings is 1. The van der Waals surface area contributed by atoms with Gasteiger partial charge in [0.2, 0.25) is 0 Å². The number of aliphatic hydroxyl groups excluding tert-OH is 1. The molecule has 4 aromatic heterocycles. The number of hydrogen-bond donors (Lipinski definition) is 1. The summed E-state index contributed by atoms with van der Waals surface area (Å²) >= 11 is 1.83. The van der Waals surface area contributed by atoms with Gasteiger partial charge < -0.3 is 9.51 Å². The van der Waals surface area contributed by atoms with Gasteiger partial charge in [0.05, 0.1) is 21.5 Å². The van der Waals surface area contributed by atoms with E-state index in [1.165, 1.54) is 31.9 Å². The Hall–Kier alpha value is -3.38. The van der Waals surface area contributed by atoms with Gasteiger partial charge in [-0.05, 0) is 48.6 Å². The monoisotopic (exact) mass is 753 g/mol. The average Bonchev–Trinajstić information content (AvgIpc) is 3.40. The molecule has 0 aliphatic rings. The number of allylic oxidation sites excluding steroid dienone is 2. The molecule has 0 saturated heterocycles. The van der Waals surface area contributed by atoms with Gasteiger partial charge in [0.15, 0.2) is 5.78 Å². The molecule has 0 aliphatic heterocycles. The summed E-state index contributed by atoms with van der Waals surface area (Å²) in [5.41, 5.74) is 5.36. The van der Waals surface area contributed by atoms with Crippen molar-refractivity contribution in [3.8, 4) is 0 Å². The maximum Gasteiger partial charge on any atom is 0.162 e. The van der Waals surface area contributed by atoms with Gasteiger partial charge in [0.1, 0.15) is 5.65 Å². The fraction of sp³-hybridized carbons (Fsp3) is 0.286. The normalized spacial score (nSPS) is 12.3. The fourth-order valence-corrected chi connectivity index (χ4v) is 7.20. The quantitative estimate of drug-likeness (QED) is 0.0579. The van der Waals surface area contributed by atoms with Crippen molar-refractivity contribution in [2.75, 3.05) is 0 Å². The number of carbonyl (C=O) groups is 1. The number of ketones is 1. The first-order valence-electron chi connectivity index (χ1n) is 14.6. The van der Waals surface area contributed by atoms with Gasteiger partial charge in [-0.15, -0.1) is 28.9 Å². The Labute approximate surface area is 263 Å². The van der Waals surface area contributed by atoms with Gasteiger partial charge in [-0.3, -0.25) is 9.78 Å². The summed E-state index contributed by atoms with van der Waals surface area (Å²) in [7, 11) is 0. The van der Waals surface area contributed by atoms with Gasteiger partial charge in [0, 0.05) is 60.6 Å². The predicted molar refractivity (Wildman–Crippen MR) is 172 cm³/mol. The average molecular weight is 753 g/mol. The topological polar surface area (TPSA) is 67.5 Å². The molecule has 0 amide bonds. The minimum atomic E-state index is 0. The second-order valence-corrected chi connectivity index (χ2v) is 11.7. The molecule has 0 bridgehead atoms. The Balaban J connectivity index is 0.000000193. The van der Waals surface area contributed by atoms with Crippen LogP contribution in [-0.4, -0.2) is 25.3 Å². The first-order valence-corrected chi connectivity index (χ1v) is 15.4. The molecule has 7 heteroatoms. The van der Waals surface area contributed by atoms with E-state index < -0.39 is 0 Å². The van der Waals surface area contributed by atoms with E-state index in [1.54, 1.807) is 0 Å². The van der Waals surface area contributed by atoms with Crippen LogP contribution in [0.5, 0.6) is 0 Å². The second kappa shape index (κ2) is 12.5. The molecule has 0 spiro atoms. The standard InChI is InChI=1S/C22H10N3S.C13H24O2.Ir/c1-2-6-13-12(5-1)11-15-18-14(7-4-10-23-18)22-24-16-8-3-9-17-20(16)25(22)19(15)21(13)26-17;1-5-10(6-2)12(14)9-13(15)11(7-3)8-4;/h1-10H;9-11,14H,5-8H2,1-4H3;/q-1;;/b;12-9-;. The number of aromatic nitrogens is 3. The van der Waals surface area contributed by atoms with Gasteiger partial charge in [-0.25, -0.2) is 4.98 Å². The molecule has 5 nitrogen and oxygen atoms in total. The summed E-state index contributed by atoms with van der Waals surface area (Å²) in [6, 6.07) is 22.6. The minimum absolute atomic E-state index is 0. The van der Waals surface area contributed by atoms with Gasteiger partial charge in [-0.2, -0.15) is 0 Å². The second-order valence-electron chi connectivity index (χ2n) is 10.6. The van der Waals surface area contributed by atoms with Gasteiger partial charge in [0.25, 0.3) is 0 Å². The molecule has 0 fully saturated rings. The number of fused-ring (bicyclic) bond motifs is 5. The Kier molecular flexibility index (Phi) is 8.93. The number of hydrogen-bond acceptors (Lipinski definition) is 5. The SMILES string of the molecule is CCC(CC)C(=O)/C=C(\O)C(CC)CC.[Ir].[c-]1c2ccccc2c2sc3cccc4nc5c6cccnc6c1c2n5c43. The van der Waals surface area contributed by atoms with Crippen LogP contribution in [0.15, 0.2) is 72.6 Å². The minimum Gasteiger partial charge on any atom is -0.512 e. The molecule has 217 valence electrons. The number of para-hydroxylation sites is 1. The third kappa shape index (κ3) is 4.98. The maximum absolute atomic E-state index is 11.7. The third-order valence-corrected chi connectivity index (χ3v) is 9.49. The molecule has 42 heavy (non-hydrogen) atoms. The van der Waals surface area contributed by atoms with E-state index in [-0.39, 0.29) is 43.5 Å². The van der Waals surface area contributed by atoms with E-state index in [0.29, 0.717) is 0 Å². The number of nitrogens with zero attached hydrogens (tertiary/aromatic N) is 3. The van der Waals surface area contributed by atoms with Crippen LogP contribution in [0.4, 0.5) is 0 Å². The van der Waals surface area contributed by atoms with E-state index >= 15 is 0 Å². The molecular weight excluding hydrogens is 719 g/mol. The van der Waals surface area contributed by atoms with Crippen LogP contribution in [0.1, 0.15) is 53.4 Å². The Morgan fingerprint density at radius 1 is 0.929 bits per heavy atom. The van der Waals surface area contributed by atoms with Crippen molar-refractivity contribution in [2.24, 2.45) is 11.8 Å². The fourth-order valence-electron chi connectivity index (χ4n) is 5.96. The third-order valence-electron chi connectivity index (χ3n) is 8.33. The van der Waals surface area contributed by atoms with Crippen molar-refractivity contribution in [1.29, 1.82) is 0 Å². The van der Waals surface area contributed by atoms with E-state index in [2.05, 4.69) is 59.0 Å². The number of pyridine rings is 2. The Bertz CT molecular complexity index is 2040. The van der Waals surface area contributed by atoms with Crippen LogP contribution >= 0.6 is 11.3 Å². The van der Waals surface area contributed by atoms with Crippen molar-refractivity contribution in [2.45, 2.75) is 53.4 Å². The predicted octanol–water partition coefficient (Wildman–Crippen LogP) is 9.66. The van der Waals surface area contributed by atoms with Gasteiger partial charge >= 0.3 is 0 Å².